The third-order valence-corrected chi connectivity index (χ3v) is 5.03. The number of benzene rings is 2. The molecule has 0 aliphatic carbocycles. The van der Waals surface area contributed by atoms with E-state index in [2.05, 4.69) is 10.3 Å². The van der Waals surface area contributed by atoms with Crippen LogP contribution >= 0.6 is 0 Å². The van der Waals surface area contributed by atoms with Gasteiger partial charge in [0, 0.05) is 29.4 Å². The van der Waals surface area contributed by atoms with Crippen molar-refractivity contribution in [3.8, 4) is 5.75 Å². The van der Waals surface area contributed by atoms with Crippen molar-refractivity contribution in [3.63, 3.8) is 0 Å². The number of rotatable bonds is 5. The first-order valence-electron chi connectivity index (χ1n) is 8.91. The van der Waals surface area contributed by atoms with Gasteiger partial charge in [-0.25, -0.2) is 9.78 Å². The fourth-order valence-corrected chi connectivity index (χ4v) is 3.51. The lowest BCUT2D eigenvalue weighted by Crippen LogP contribution is -2.21. The Bertz CT molecular complexity index is 1350. The van der Waals surface area contributed by atoms with Crippen molar-refractivity contribution in [1.82, 2.24) is 4.98 Å². The first-order valence-corrected chi connectivity index (χ1v) is 9.94. The van der Waals surface area contributed by atoms with Gasteiger partial charge in [-0.05, 0) is 42.5 Å². The van der Waals surface area contributed by atoms with Gasteiger partial charge in [-0.1, -0.05) is 12.1 Å². The summed E-state index contributed by atoms with van der Waals surface area (Å²) in [5.74, 6) is -0.533. The fourth-order valence-electron chi connectivity index (χ4n) is 2.96. The second-order valence-electron chi connectivity index (χ2n) is 6.36. The van der Waals surface area contributed by atoms with E-state index in [-0.39, 0.29) is 34.1 Å². The van der Waals surface area contributed by atoms with E-state index < -0.39 is 22.8 Å². The van der Waals surface area contributed by atoms with Crippen LogP contribution in [0.4, 0.5) is 17.2 Å². The Hall–Kier alpha value is -4.02. The number of amides is 1. The summed E-state index contributed by atoms with van der Waals surface area (Å²) in [5.41, 5.74) is 0.239. The maximum atomic E-state index is 12.8. The van der Waals surface area contributed by atoms with E-state index in [0.29, 0.717) is 5.39 Å². The Morgan fingerprint density at radius 1 is 1.10 bits per heavy atom. The van der Waals surface area contributed by atoms with E-state index in [1.165, 1.54) is 54.7 Å². The van der Waals surface area contributed by atoms with Crippen molar-refractivity contribution < 1.29 is 23.1 Å². The Balaban J connectivity index is 1.66. The summed E-state index contributed by atoms with van der Waals surface area (Å²) >= 11 is -2.71. The molecule has 0 saturated heterocycles. The number of hydrogen-bond donors (Lipinski definition) is 2. The smallest absolute Gasteiger partial charge is 0.336 e. The van der Waals surface area contributed by atoms with Crippen molar-refractivity contribution in [2.45, 2.75) is 0 Å². The molecule has 10 heteroatoms. The molecule has 0 radical (unpaired) electrons. The molecule has 2 N–H and O–H groups in total. The average molecular weight is 436 g/mol. The number of carbonyl (C=O) groups is 1. The van der Waals surface area contributed by atoms with Gasteiger partial charge in [-0.2, -0.15) is 0 Å². The van der Waals surface area contributed by atoms with Gasteiger partial charge in [0.15, 0.2) is 5.58 Å². The van der Waals surface area contributed by atoms with Crippen molar-refractivity contribution in [3.05, 3.63) is 88.9 Å². The van der Waals surface area contributed by atoms with E-state index >= 15 is 0 Å². The summed E-state index contributed by atoms with van der Waals surface area (Å²) in [5, 5.41) is 12.7. The van der Waals surface area contributed by atoms with Crippen LogP contribution in [0.15, 0.2) is 82.1 Å². The number of anilines is 3. The topological polar surface area (TPSA) is 136 Å². The van der Waals surface area contributed by atoms with Gasteiger partial charge in [0.25, 0.3) is 5.91 Å². The van der Waals surface area contributed by atoms with Crippen LogP contribution in [0.5, 0.6) is 5.75 Å². The predicted octanol–water partition coefficient (Wildman–Crippen LogP) is 3.08. The summed E-state index contributed by atoms with van der Waals surface area (Å²) in [6, 6.07) is 16.1. The number of fused-ring (bicyclic) bond motifs is 1. The molecule has 156 valence electrons. The summed E-state index contributed by atoms with van der Waals surface area (Å²) in [7, 11) is 0. The standard InChI is InChI=1S/C21H15N3O6S/c25-16-7-5-15(6-8-16)24(31(28)29)18-12-14(10-11-22-18)23-21(27)17-3-1-2-13-4-9-19(26)30-20(13)17/h1-12,25H,(H,28,29)(H,22,23,27)/p-1. The maximum absolute atomic E-state index is 12.8. The quantitative estimate of drug-likeness (QED) is 0.362. The minimum absolute atomic E-state index is 0.0175. The first kappa shape index (κ1) is 20.3. The Morgan fingerprint density at radius 3 is 2.61 bits per heavy atom. The molecule has 9 nitrogen and oxygen atoms in total. The van der Waals surface area contributed by atoms with Crippen LogP contribution in [-0.4, -0.2) is 24.8 Å². The molecule has 0 fully saturated rings. The summed E-state index contributed by atoms with van der Waals surface area (Å²) in [4.78, 5) is 28.4. The number of nitrogens with one attached hydrogen (secondary N) is 1. The zero-order chi connectivity index (χ0) is 22.0. The second kappa shape index (κ2) is 8.38. The van der Waals surface area contributed by atoms with E-state index in [0.717, 1.165) is 4.31 Å². The highest BCUT2D eigenvalue weighted by Gasteiger charge is 2.16. The van der Waals surface area contributed by atoms with Crippen molar-refractivity contribution in [2.75, 3.05) is 9.62 Å². The summed E-state index contributed by atoms with van der Waals surface area (Å²) < 4.78 is 29.7. The molecule has 0 bridgehead atoms. The van der Waals surface area contributed by atoms with Crippen LogP contribution in [0.1, 0.15) is 10.4 Å². The van der Waals surface area contributed by atoms with Gasteiger partial charge < -0.3 is 19.4 Å². The van der Waals surface area contributed by atoms with Crippen LogP contribution < -0.4 is 15.2 Å². The molecule has 0 saturated carbocycles. The number of aromatic hydroxyl groups is 1. The number of aromatic nitrogens is 1. The first-order chi connectivity index (χ1) is 14.9. The fraction of sp³-hybridized carbons (Fsp3) is 0. The van der Waals surface area contributed by atoms with Gasteiger partial charge in [0.2, 0.25) is 0 Å². The zero-order valence-electron chi connectivity index (χ0n) is 15.7. The molecule has 1 atom stereocenters. The van der Waals surface area contributed by atoms with Crippen LogP contribution in [-0.2, 0) is 11.3 Å². The van der Waals surface area contributed by atoms with Crippen LogP contribution in [0.25, 0.3) is 11.0 Å². The second-order valence-corrected chi connectivity index (χ2v) is 7.16. The molecule has 2 aromatic carbocycles. The van der Waals surface area contributed by atoms with Gasteiger partial charge in [0.05, 0.1) is 22.5 Å². The summed E-state index contributed by atoms with van der Waals surface area (Å²) in [6.45, 7) is 0. The van der Waals surface area contributed by atoms with Crippen molar-refractivity contribution in [1.29, 1.82) is 0 Å². The number of nitrogens with zero attached hydrogens (tertiary/aromatic N) is 2. The van der Waals surface area contributed by atoms with E-state index in [1.54, 1.807) is 18.2 Å². The van der Waals surface area contributed by atoms with E-state index in [9.17, 15) is 23.5 Å². The highest BCUT2D eigenvalue weighted by Crippen LogP contribution is 2.28. The SMILES string of the molecule is O=C(Nc1ccnc(N(c2ccc(O)cc2)S(=O)[O-])c1)c1cccc2ccc(=O)oc12. The lowest BCUT2D eigenvalue weighted by atomic mass is 10.1. The molecule has 0 aliphatic heterocycles. The van der Waals surface area contributed by atoms with Crippen LogP contribution in [0, 0.1) is 0 Å². The molecular weight excluding hydrogens is 422 g/mol. The van der Waals surface area contributed by atoms with Gasteiger partial charge in [-0.3, -0.25) is 13.3 Å². The third kappa shape index (κ3) is 4.29. The van der Waals surface area contributed by atoms with Gasteiger partial charge in [0.1, 0.15) is 11.6 Å². The molecule has 1 amide bonds. The lowest BCUT2D eigenvalue weighted by Gasteiger charge is -2.25. The predicted molar refractivity (Wildman–Crippen MR) is 114 cm³/mol. The largest absolute Gasteiger partial charge is 0.755 e. The third-order valence-electron chi connectivity index (χ3n) is 4.34. The molecule has 2 heterocycles. The van der Waals surface area contributed by atoms with Crippen molar-refractivity contribution >= 4 is 45.3 Å². The van der Waals surface area contributed by atoms with Crippen molar-refractivity contribution in [2.24, 2.45) is 0 Å². The highest BCUT2D eigenvalue weighted by atomic mass is 32.2. The molecule has 4 rings (SSSR count). The normalized spacial score (nSPS) is 11.8. The molecule has 0 spiro atoms. The molecule has 2 aromatic heterocycles. The Morgan fingerprint density at radius 2 is 1.87 bits per heavy atom. The maximum Gasteiger partial charge on any atom is 0.336 e. The number of phenols is 1. The molecule has 0 aliphatic rings. The minimum Gasteiger partial charge on any atom is -0.755 e. The summed E-state index contributed by atoms with van der Waals surface area (Å²) in [6.07, 6.45) is 1.34. The number of para-hydroxylation sites is 1. The zero-order valence-corrected chi connectivity index (χ0v) is 16.5. The number of carbonyl (C=O) groups excluding carboxylic acids is 1. The Kier molecular flexibility index (Phi) is 5.48. The van der Waals surface area contributed by atoms with Crippen LogP contribution in [0.2, 0.25) is 0 Å². The number of phenolic OH excluding ortho intramolecular Hbond substituents is 1. The monoisotopic (exact) mass is 436 g/mol. The Labute approximate surface area is 178 Å². The van der Waals surface area contributed by atoms with Gasteiger partial charge >= 0.3 is 5.63 Å². The van der Waals surface area contributed by atoms with E-state index in [4.69, 9.17) is 4.42 Å². The highest BCUT2D eigenvalue weighted by molar-refractivity contribution is 7.81. The van der Waals surface area contributed by atoms with Gasteiger partial charge in [-0.15, -0.1) is 0 Å². The molecule has 4 aromatic rings. The molecule has 1 unspecified atom stereocenters. The average Bonchev–Trinajstić information content (AvgIpc) is 2.75. The minimum atomic E-state index is -2.71. The molecular formula is C21H14N3O6S-. The lowest BCUT2D eigenvalue weighted by molar-refractivity contribution is 0.102. The van der Waals surface area contributed by atoms with E-state index in [1.807, 2.05) is 0 Å². The molecule has 31 heavy (non-hydrogen) atoms. The number of pyridine rings is 1. The van der Waals surface area contributed by atoms with Crippen LogP contribution in [0.3, 0.4) is 0 Å². The number of hydrogen-bond acceptors (Lipinski definition) is 7.